The number of ether oxygens (including phenoxy) is 2. The third-order valence-electron chi connectivity index (χ3n) is 4.17. The third kappa shape index (κ3) is 8.61. The number of rotatable bonds is 6. The second kappa shape index (κ2) is 10.7. The van der Waals surface area contributed by atoms with Crippen molar-refractivity contribution in [3.05, 3.63) is 53.7 Å². The summed E-state index contributed by atoms with van der Waals surface area (Å²) in [5, 5.41) is 10.5. The molecule has 0 radical (unpaired) electrons. The van der Waals surface area contributed by atoms with E-state index in [0.29, 0.717) is 4.90 Å². The van der Waals surface area contributed by atoms with Crippen molar-refractivity contribution >= 4 is 28.1 Å². The number of hydrogen-bond donors (Lipinski definition) is 1. The summed E-state index contributed by atoms with van der Waals surface area (Å²) in [6, 6.07) is 10.2. The van der Waals surface area contributed by atoms with Gasteiger partial charge in [0.25, 0.3) is 10.1 Å². The molecule has 10 nitrogen and oxygen atoms in total. The number of carbonyl (C=O) groups is 2. The lowest BCUT2D eigenvalue weighted by atomic mass is 10.2. The maximum Gasteiger partial charge on any atom is 0.425 e. The van der Waals surface area contributed by atoms with E-state index in [0.717, 1.165) is 5.56 Å². The highest BCUT2D eigenvalue weighted by Gasteiger charge is 2.34. The molecule has 1 N–H and O–H groups in total. The van der Waals surface area contributed by atoms with Crippen LogP contribution in [0, 0.1) is 6.92 Å². The molecule has 1 heterocycles. The van der Waals surface area contributed by atoms with Gasteiger partial charge < -0.3 is 14.6 Å². The normalized spacial score (nSPS) is 13.1. The van der Waals surface area contributed by atoms with Gasteiger partial charge in [-0.15, -0.1) is 0 Å². The Kier molecular flexibility index (Phi) is 8.64. The van der Waals surface area contributed by atoms with Gasteiger partial charge in [-0.1, -0.05) is 23.8 Å². The van der Waals surface area contributed by atoms with Gasteiger partial charge in [0.05, 0.1) is 17.2 Å². The minimum atomic E-state index is -4.12. The van der Waals surface area contributed by atoms with Crippen LogP contribution in [0.4, 0.5) is 15.4 Å². The topological polar surface area (TPSA) is 132 Å². The molecular weight excluding hydrogens is 476 g/mol. The van der Waals surface area contributed by atoms with E-state index in [9.17, 15) is 23.1 Å². The minimum absolute atomic E-state index is 0.0290. The van der Waals surface area contributed by atoms with Crippen LogP contribution in [0.25, 0.3) is 0 Å². The molecule has 0 spiro atoms. The minimum Gasteiger partial charge on any atom is -0.443 e. The van der Waals surface area contributed by atoms with Crippen LogP contribution in [0.3, 0.4) is 0 Å². The molecule has 0 bridgehead atoms. The van der Waals surface area contributed by atoms with Gasteiger partial charge in [0.15, 0.2) is 0 Å². The number of hydrogen-bond acceptors (Lipinski definition) is 9. The summed E-state index contributed by atoms with van der Waals surface area (Å²) in [6.45, 7) is 11.0. The van der Waals surface area contributed by atoms with E-state index in [1.807, 2.05) is 6.92 Å². The van der Waals surface area contributed by atoms with Crippen LogP contribution in [-0.2, 0) is 23.8 Å². The maximum atomic E-state index is 12.8. The van der Waals surface area contributed by atoms with Crippen molar-refractivity contribution in [1.82, 2.24) is 4.98 Å². The zero-order valence-electron chi connectivity index (χ0n) is 20.9. The van der Waals surface area contributed by atoms with Crippen LogP contribution in [0.15, 0.2) is 47.4 Å². The largest absolute Gasteiger partial charge is 0.443 e. The Bertz CT molecular complexity index is 1120. The lowest BCUT2D eigenvalue weighted by Crippen LogP contribution is -2.44. The molecule has 0 fully saturated rings. The van der Waals surface area contributed by atoms with Crippen molar-refractivity contribution in [2.45, 2.75) is 70.7 Å². The quantitative estimate of drug-likeness (QED) is 0.560. The predicted octanol–water partition coefficient (Wildman–Crippen LogP) is 4.51. The highest BCUT2D eigenvalue weighted by atomic mass is 32.2. The molecule has 1 aromatic carbocycles. The summed E-state index contributed by atoms with van der Waals surface area (Å²) in [7, 11) is -4.12. The number of imide groups is 1. The number of nitrogens with zero attached hydrogens (tertiary/aromatic N) is 2. The highest BCUT2D eigenvalue weighted by molar-refractivity contribution is 7.86. The molecule has 0 saturated heterocycles. The lowest BCUT2D eigenvalue weighted by Gasteiger charge is -2.28. The van der Waals surface area contributed by atoms with E-state index in [4.69, 9.17) is 13.7 Å². The maximum absolute atomic E-state index is 12.8. The number of aromatic nitrogens is 1. The molecule has 11 heteroatoms. The van der Waals surface area contributed by atoms with Crippen LogP contribution < -0.4 is 4.90 Å². The molecular formula is C24H32N2O8S. The third-order valence-corrected chi connectivity index (χ3v) is 5.47. The van der Waals surface area contributed by atoms with Crippen molar-refractivity contribution in [1.29, 1.82) is 0 Å². The second-order valence-electron chi connectivity index (χ2n) is 9.78. The average molecular weight is 509 g/mol. The van der Waals surface area contributed by atoms with Gasteiger partial charge >= 0.3 is 12.2 Å². The van der Waals surface area contributed by atoms with E-state index >= 15 is 0 Å². The number of pyridine rings is 1. The first-order valence-electron chi connectivity index (χ1n) is 10.9. The first-order chi connectivity index (χ1) is 16.0. The summed E-state index contributed by atoms with van der Waals surface area (Å²) >= 11 is 0. The van der Waals surface area contributed by atoms with Gasteiger partial charge in [0.2, 0.25) is 0 Å². The average Bonchev–Trinajstić information content (AvgIpc) is 2.70. The first kappa shape index (κ1) is 28.2. The molecule has 0 aliphatic heterocycles. The molecule has 0 unspecified atom stereocenters. The number of aliphatic hydroxyl groups excluding tert-OH is 1. The number of aryl methyl sites for hydroxylation is 1. The molecule has 35 heavy (non-hydrogen) atoms. The highest BCUT2D eigenvalue weighted by Crippen LogP contribution is 2.23. The van der Waals surface area contributed by atoms with Gasteiger partial charge in [0, 0.05) is 0 Å². The van der Waals surface area contributed by atoms with Crippen LogP contribution in [-0.4, -0.2) is 48.5 Å². The monoisotopic (exact) mass is 508 g/mol. The van der Waals surface area contributed by atoms with Crippen molar-refractivity contribution in [2.75, 3.05) is 11.5 Å². The van der Waals surface area contributed by atoms with Crippen molar-refractivity contribution in [3.8, 4) is 0 Å². The Balaban J connectivity index is 2.28. The number of aliphatic hydroxyl groups is 1. The Morgan fingerprint density at radius 1 is 0.943 bits per heavy atom. The summed E-state index contributed by atoms with van der Waals surface area (Å²) in [5.41, 5.74) is -0.970. The zero-order valence-corrected chi connectivity index (χ0v) is 21.8. The Morgan fingerprint density at radius 3 is 1.94 bits per heavy atom. The van der Waals surface area contributed by atoms with Gasteiger partial charge in [0.1, 0.15) is 23.1 Å². The Labute approximate surface area is 206 Å². The molecule has 2 amide bonds. The van der Waals surface area contributed by atoms with E-state index in [1.54, 1.807) is 53.7 Å². The van der Waals surface area contributed by atoms with Crippen molar-refractivity contribution in [3.63, 3.8) is 0 Å². The lowest BCUT2D eigenvalue weighted by molar-refractivity contribution is 0.0428. The van der Waals surface area contributed by atoms with Crippen LogP contribution >= 0.6 is 0 Å². The molecule has 2 rings (SSSR count). The smallest absolute Gasteiger partial charge is 0.425 e. The Morgan fingerprint density at radius 2 is 1.46 bits per heavy atom. The van der Waals surface area contributed by atoms with E-state index in [-0.39, 0.29) is 16.4 Å². The number of carbonyl (C=O) groups excluding carboxylic acids is 2. The summed E-state index contributed by atoms with van der Waals surface area (Å²) in [4.78, 5) is 30.3. The fraction of sp³-hybridized carbons (Fsp3) is 0.458. The molecule has 0 aliphatic carbocycles. The van der Waals surface area contributed by atoms with Crippen molar-refractivity contribution < 1.29 is 36.8 Å². The second-order valence-corrected chi connectivity index (χ2v) is 11.4. The van der Waals surface area contributed by atoms with Crippen LogP contribution in [0.2, 0.25) is 0 Å². The zero-order chi connectivity index (χ0) is 26.6. The van der Waals surface area contributed by atoms with E-state index in [1.165, 1.54) is 30.3 Å². The summed E-state index contributed by atoms with van der Waals surface area (Å²) in [5.74, 6) is -0.175. The molecule has 0 aliphatic rings. The van der Waals surface area contributed by atoms with E-state index in [2.05, 4.69) is 4.98 Å². The Hall–Kier alpha value is -3.02. The molecule has 1 atom stereocenters. The predicted molar refractivity (Wildman–Crippen MR) is 128 cm³/mol. The standard InChI is InChI=1S/C24H32N2O8S/c1-16-11-13-17(14-12-16)35(30,31)32-15-19(27)18-9-8-10-20(25-18)26(21(28)33-23(2,3)4)22(29)34-24(5,6)7/h8-14,19,27H,15H2,1-7H3/t19-/m0/s1. The first-order valence-corrected chi connectivity index (χ1v) is 12.3. The van der Waals surface area contributed by atoms with E-state index < -0.39 is 46.2 Å². The molecule has 192 valence electrons. The molecule has 1 aromatic heterocycles. The number of amides is 2. The van der Waals surface area contributed by atoms with Crippen LogP contribution in [0.5, 0.6) is 0 Å². The molecule has 2 aromatic rings. The van der Waals surface area contributed by atoms with Gasteiger partial charge in [-0.05, 0) is 72.7 Å². The summed E-state index contributed by atoms with van der Waals surface area (Å²) in [6.07, 6.45) is -3.53. The van der Waals surface area contributed by atoms with Gasteiger partial charge in [-0.25, -0.2) is 14.6 Å². The SMILES string of the molecule is Cc1ccc(S(=O)(=O)OC[C@H](O)c2cccc(N(C(=O)OC(C)(C)C)C(=O)OC(C)(C)C)n2)cc1. The number of benzene rings is 1. The summed E-state index contributed by atoms with van der Waals surface area (Å²) < 4.78 is 40.5. The fourth-order valence-corrected chi connectivity index (χ4v) is 3.55. The van der Waals surface area contributed by atoms with Crippen molar-refractivity contribution in [2.24, 2.45) is 0 Å². The van der Waals surface area contributed by atoms with Gasteiger partial charge in [-0.3, -0.25) is 4.18 Å². The fourth-order valence-electron chi connectivity index (χ4n) is 2.64. The van der Waals surface area contributed by atoms with Gasteiger partial charge in [-0.2, -0.15) is 13.3 Å². The number of anilines is 1. The molecule has 0 saturated carbocycles. The van der Waals surface area contributed by atoms with Crippen LogP contribution in [0.1, 0.15) is 58.9 Å².